The van der Waals surface area contributed by atoms with Gasteiger partial charge in [-0.3, -0.25) is 0 Å². The Labute approximate surface area is 81.0 Å². The Morgan fingerprint density at radius 3 is 2.85 bits per heavy atom. The minimum atomic E-state index is 0.423. The molecule has 0 aromatic heterocycles. The first kappa shape index (κ1) is 11.0. The van der Waals surface area contributed by atoms with Crippen molar-refractivity contribution in [3.63, 3.8) is 0 Å². The molecule has 3 unspecified atom stereocenters. The SMILES string of the molecule is COCCC(C)NC1CCC(N)C1. The fraction of sp³-hybridized carbons (Fsp3) is 1.00. The van der Waals surface area contributed by atoms with Gasteiger partial charge in [-0.1, -0.05) is 0 Å². The highest BCUT2D eigenvalue weighted by Crippen LogP contribution is 2.17. The number of nitrogens with two attached hydrogens (primary N) is 1. The van der Waals surface area contributed by atoms with Gasteiger partial charge >= 0.3 is 0 Å². The van der Waals surface area contributed by atoms with Gasteiger partial charge in [-0.2, -0.15) is 0 Å². The van der Waals surface area contributed by atoms with E-state index in [4.69, 9.17) is 10.5 Å². The first-order valence-corrected chi connectivity index (χ1v) is 5.23. The second-order valence-electron chi connectivity index (χ2n) is 4.12. The summed E-state index contributed by atoms with van der Waals surface area (Å²) in [7, 11) is 1.75. The summed E-state index contributed by atoms with van der Waals surface area (Å²) in [5.74, 6) is 0. The molecule has 1 aliphatic rings. The summed E-state index contributed by atoms with van der Waals surface area (Å²) in [5, 5.41) is 3.58. The quantitative estimate of drug-likeness (QED) is 0.670. The van der Waals surface area contributed by atoms with Gasteiger partial charge in [0.05, 0.1) is 0 Å². The molecule has 3 N–H and O–H groups in total. The lowest BCUT2D eigenvalue weighted by atomic mass is 10.2. The van der Waals surface area contributed by atoms with Gasteiger partial charge < -0.3 is 15.8 Å². The number of methoxy groups -OCH3 is 1. The largest absolute Gasteiger partial charge is 0.385 e. The molecule has 0 saturated heterocycles. The standard InChI is InChI=1S/C10H22N2O/c1-8(5-6-13-2)12-10-4-3-9(11)7-10/h8-10,12H,3-7,11H2,1-2H3. The normalized spacial score (nSPS) is 30.7. The average Bonchev–Trinajstić information content (AvgIpc) is 2.48. The smallest absolute Gasteiger partial charge is 0.0476 e. The van der Waals surface area contributed by atoms with E-state index in [9.17, 15) is 0 Å². The van der Waals surface area contributed by atoms with Crippen LogP contribution in [-0.4, -0.2) is 31.8 Å². The summed E-state index contributed by atoms with van der Waals surface area (Å²) >= 11 is 0. The number of hydrogen-bond acceptors (Lipinski definition) is 3. The summed E-state index contributed by atoms with van der Waals surface area (Å²) in [6.45, 7) is 3.05. The first-order chi connectivity index (χ1) is 6.22. The van der Waals surface area contributed by atoms with Gasteiger partial charge in [0.1, 0.15) is 0 Å². The lowest BCUT2D eigenvalue weighted by Gasteiger charge is -2.18. The maximum atomic E-state index is 5.84. The van der Waals surface area contributed by atoms with Crippen LogP contribution in [0.15, 0.2) is 0 Å². The van der Waals surface area contributed by atoms with Crippen LogP contribution >= 0.6 is 0 Å². The molecule has 3 heteroatoms. The maximum absolute atomic E-state index is 5.84. The van der Waals surface area contributed by atoms with Crippen LogP contribution in [0.1, 0.15) is 32.6 Å². The molecule has 1 saturated carbocycles. The molecule has 3 atom stereocenters. The molecule has 0 radical (unpaired) electrons. The monoisotopic (exact) mass is 186 g/mol. The third kappa shape index (κ3) is 4.07. The van der Waals surface area contributed by atoms with Gasteiger partial charge in [-0.25, -0.2) is 0 Å². The lowest BCUT2D eigenvalue weighted by molar-refractivity contribution is 0.182. The molecule has 0 heterocycles. The molecule has 0 aromatic carbocycles. The molecule has 13 heavy (non-hydrogen) atoms. The van der Waals surface area contributed by atoms with E-state index in [-0.39, 0.29) is 0 Å². The summed E-state index contributed by atoms with van der Waals surface area (Å²) in [6.07, 6.45) is 4.63. The third-order valence-electron chi connectivity index (χ3n) is 2.75. The number of ether oxygens (including phenoxy) is 1. The predicted molar refractivity (Wildman–Crippen MR) is 54.7 cm³/mol. The van der Waals surface area contributed by atoms with E-state index in [0.29, 0.717) is 18.1 Å². The van der Waals surface area contributed by atoms with Gasteiger partial charge in [0.2, 0.25) is 0 Å². The molecule has 3 nitrogen and oxygen atoms in total. The van der Waals surface area contributed by atoms with E-state index in [0.717, 1.165) is 19.4 Å². The molecule has 1 aliphatic carbocycles. The molecular weight excluding hydrogens is 164 g/mol. The van der Waals surface area contributed by atoms with Crippen molar-refractivity contribution in [2.24, 2.45) is 5.73 Å². The Bertz CT molecular complexity index is 141. The Hall–Kier alpha value is -0.120. The third-order valence-corrected chi connectivity index (χ3v) is 2.75. The Morgan fingerprint density at radius 2 is 2.31 bits per heavy atom. The van der Waals surface area contributed by atoms with Gasteiger partial charge in [0, 0.05) is 31.8 Å². The second kappa shape index (κ2) is 5.58. The van der Waals surface area contributed by atoms with Gasteiger partial charge in [0.25, 0.3) is 0 Å². The molecule has 0 bridgehead atoms. The Kier molecular flexibility index (Phi) is 4.70. The zero-order chi connectivity index (χ0) is 9.68. The summed E-state index contributed by atoms with van der Waals surface area (Å²) < 4.78 is 5.03. The topological polar surface area (TPSA) is 47.3 Å². The van der Waals surface area contributed by atoms with Crippen LogP contribution in [0.2, 0.25) is 0 Å². The van der Waals surface area contributed by atoms with Crippen molar-refractivity contribution in [3.8, 4) is 0 Å². The van der Waals surface area contributed by atoms with Crippen molar-refractivity contribution in [2.75, 3.05) is 13.7 Å². The number of rotatable bonds is 5. The van der Waals surface area contributed by atoms with E-state index in [1.807, 2.05) is 0 Å². The van der Waals surface area contributed by atoms with Crippen LogP contribution in [0, 0.1) is 0 Å². The molecule has 0 amide bonds. The van der Waals surface area contributed by atoms with E-state index < -0.39 is 0 Å². The van der Waals surface area contributed by atoms with E-state index in [1.165, 1.54) is 12.8 Å². The molecule has 0 aliphatic heterocycles. The zero-order valence-electron chi connectivity index (χ0n) is 8.75. The minimum absolute atomic E-state index is 0.423. The highest BCUT2D eigenvalue weighted by Gasteiger charge is 2.22. The average molecular weight is 186 g/mol. The highest BCUT2D eigenvalue weighted by molar-refractivity contribution is 4.84. The molecule has 1 rings (SSSR count). The lowest BCUT2D eigenvalue weighted by Crippen LogP contribution is -2.36. The van der Waals surface area contributed by atoms with Crippen molar-refractivity contribution in [1.29, 1.82) is 0 Å². The van der Waals surface area contributed by atoms with Crippen LogP contribution in [0.4, 0.5) is 0 Å². The predicted octanol–water partition coefficient (Wildman–Crippen LogP) is 0.881. The van der Waals surface area contributed by atoms with Gasteiger partial charge in [-0.05, 0) is 32.6 Å². The molecule has 0 spiro atoms. The summed E-state index contributed by atoms with van der Waals surface area (Å²) in [4.78, 5) is 0. The fourth-order valence-electron chi connectivity index (χ4n) is 1.95. The second-order valence-corrected chi connectivity index (χ2v) is 4.12. The van der Waals surface area contributed by atoms with Crippen molar-refractivity contribution < 1.29 is 4.74 Å². The van der Waals surface area contributed by atoms with Crippen LogP contribution in [-0.2, 0) is 4.74 Å². The van der Waals surface area contributed by atoms with Crippen molar-refractivity contribution >= 4 is 0 Å². The molecule has 78 valence electrons. The minimum Gasteiger partial charge on any atom is -0.385 e. The highest BCUT2D eigenvalue weighted by atomic mass is 16.5. The first-order valence-electron chi connectivity index (χ1n) is 5.23. The van der Waals surface area contributed by atoms with Crippen molar-refractivity contribution in [3.05, 3.63) is 0 Å². The van der Waals surface area contributed by atoms with E-state index in [1.54, 1.807) is 7.11 Å². The zero-order valence-corrected chi connectivity index (χ0v) is 8.75. The molecule has 1 fully saturated rings. The summed E-state index contributed by atoms with van der Waals surface area (Å²) in [6, 6.07) is 1.62. The Balaban J connectivity index is 2.09. The Morgan fingerprint density at radius 1 is 1.54 bits per heavy atom. The fourth-order valence-corrected chi connectivity index (χ4v) is 1.95. The number of hydrogen-bond donors (Lipinski definition) is 2. The van der Waals surface area contributed by atoms with Crippen LogP contribution in [0.3, 0.4) is 0 Å². The maximum Gasteiger partial charge on any atom is 0.0476 e. The van der Waals surface area contributed by atoms with Gasteiger partial charge in [0.15, 0.2) is 0 Å². The van der Waals surface area contributed by atoms with E-state index in [2.05, 4.69) is 12.2 Å². The summed E-state index contributed by atoms with van der Waals surface area (Å²) in [5.41, 5.74) is 5.84. The van der Waals surface area contributed by atoms with Crippen LogP contribution in [0.25, 0.3) is 0 Å². The van der Waals surface area contributed by atoms with E-state index >= 15 is 0 Å². The van der Waals surface area contributed by atoms with Crippen molar-refractivity contribution in [2.45, 2.75) is 50.7 Å². The van der Waals surface area contributed by atoms with Gasteiger partial charge in [-0.15, -0.1) is 0 Å². The van der Waals surface area contributed by atoms with Crippen molar-refractivity contribution in [1.82, 2.24) is 5.32 Å². The number of nitrogens with one attached hydrogen (secondary N) is 1. The molecule has 0 aromatic rings. The molecular formula is C10H22N2O. The van der Waals surface area contributed by atoms with Crippen LogP contribution in [0.5, 0.6) is 0 Å². The van der Waals surface area contributed by atoms with Crippen LogP contribution < -0.4 is 11.1 Å².